The van der Waals surface area contributed by atoms with Crippen LogP contribution in [0.1, 0.15) is 26.2 Å². The van der Waals surface area contributed by atoms with Crippen LogP contribution in [0.2, 0.25) is 0 Å². The fourth-order valence-corrected chi connectivity index (χ4v) is 3.08. The smallest absolute Gasteiger partial charge is 0.258 e. The Hall–Kier alpha value is -1.81. The van der Waals surface area contributed by atoms with E-state index in [1.54, 1.807) is 0 Å². The second kappa shape index (κ2) is 6.97. The van der Waals surface area contributed by atoms with Crippen molar-refractivity contribution in [3.63, 3.8) is 0 Å². The first kappa shape index (κ1) is 15.1. The molecule has 1 atom stereocenters. The van der Waals surface area contributed by atoms with Gasteiger partial charge in [0.05, 0.1) is 6.61 Å². The predicted molar refractivity (Wildman–Crippen MR) is 89.6 cm³/mol. The zero-order chi connectivity index (χ0) is 15.4. The first-order chi connectivity index (χ1) is 10.8. The minimum Gasteiger partial charge on any atom is -0.494 e. The number of hydrogen-bond acceptors (Lipinski definition) is 3. The molecule has 0 amide bonds. The second-order valence-corrected chi connectivity index (χ2v) is 6.08. The van der Waals surface area contributed by atoms with E-state index in [0.717, 1.165) is 42.6 Å². The zero-order valence-corrected chi connectivity index (χ0v) is 13.2. The molecule has 118 valence electrons. The molecule has 1 unspecified atom stereocenters. The van der Waals surface area contributed by atoms with E-state index in [4.69, 9.17) is 4.74 Å². The molecule has 1 aliphatic heterocycles. The van der Waals surface area contributed by atoms with Gasteiger partial charge >= 0.3 is 0 Å². The molecule has 1 N–H and O–H groups in total. The molecule has 0 spiro atoms. The second-order valence-electron chi connectivity index (χ2n) is 6.08. The Kier molecular flexibility index (Phi) is 4.78. The molecule has 0 bridgehead atoms. The van der Waals surface area contributed by atoms with Crippen molar-refractivity contribution in [2.45, 2.75) is 32.7 Å². The minimum atomic E-state index is 0.102. The van der Waals surface area contributed by atoms with Gasteiger partial charge in [-0.05, 0) is 67.9 Å². The molecule has 4 heteroatoms. The first-order valence-corrected chi connectivity index (χ1v) is 8.24. The first-order valence-electron chi connectivity index (χ1n) is 8.24. The summed E-state index contributed by atoms with van der Waals surface area (Å²) in [6.07, 6.45) is 5.30. The van der Waals surface area contributed by atoms with Crippen molar-refractivity contribution < 1.29 is 4.74 Å². The van der Waals surface area contributed by atoms with Gasteiger partial charge in [-0.25, -0.2) is 0 Å². The van der Waals surface area contributed by atoms with E-state index in [1.807, 2.05) is 35.0 Å². The third-order valence-electron chi connectivity index (χ3n) is 4.28. The average molecular weight is 300 g/mol. The number of fused-ring (bicyclic) bond motifs is 1. The normalized spacial score (nSPS) is 18.5. The third-order valence-corrected chi connectivity index (χ3v) is 4.28. The van der Waals surface area contributed by atoms with Gasteiger partial charge in [-0.1, -0.05) is 6.92 Å². The molecular formula is C18H24N2O2. The summed E-state index contributed by atoms with van der Waals surface area (Å²) < 4.78 is 7.49. The Balaban J connectivity index is 1.84. The number of ether oxygens (including phenoxy) is 1. The lowest BCUT2D eigenvalue weighted by Gasteiger charge is -2.23. The van der Waals surface area contributed by atoms with Gasteiger partial charge in [0.25, 0.3) is 5.56 Å². The highest BCUT2D eigenvalue weighted by Crippen LogP contribution is 2.19. The third kappa shape index (κ3) is 3.33. The van der Waals surface area contributed by atoms with E-state index in [9.17, 15) is 4.79 Å². The molecule has 2 heterocycles. The van der Waals surface area contributed by atoms with Gasteiger partial charge in [-0.15, -0.1) is 0 Å². The molecule has 1 aromatic carbocycles. The van der Waals surface area contributed by atoms with Crippen LogP contribution < -0.4 is 15.6 Å². The molecule has 0 radical (unpaired) electrons. The molecular weight excluding hydrogens is 276 g/mol. The zero-order valence-electron chi connectivity index (χ0n) is 13.2. The SMILES string of the molecule is CCCOc1ccc2c(=O)n(CC3CCCNC3)ccc2c1. The molecule has 1 fully saturated rings. The van der Waals surface area contributed by atoms with Crippen molar-refractivity contribution in [3.8, 4) is 5.75 Å². The summed E-state index contributed by atoms with van der Waals surface area (Å²) in [7, 11) is 0. The van der Waals surface area contributed by atoms with Crippen molar-refractivity contribution in [1.82, 2.24) is 9.88 Å². The van der Waals surface area contributed by atoms with E-state index < -0.39 is 0 Å². The molecule has 22 heavy (non-hydrogen) atoms. The maximum atomic E-state index is 12.6. The van der Waals surface area contributed by atoms with E-state index in [-0.39, 0.29) is 5.56 Å². The number of pyridine rings is 1. The maximum Gasteiger partial charge on any atom is 0.258 e. The number of piperidine rings is 1. The van der Waals surface area contributed by atoms with Crippen molar-refractivity contribution in [1.29, 1.82) is 0 Å². The summed E-state index contributed by atoms with van der Waals surface area (Å²) in [5, 5.41) is 5.14. The quantitative estimate of drug-likeness (QED) is 0.923. The van der Waals surface area contributed by atoms with Crippen molar-refractivity contribution in [2.75, 3.05) is 19.7 Å². The van der Waals surface area contributed by atoms with Crippen LogP contribution in [0.25, 0.3) is 10.8 Å². The number of benzene rings is 1. The van der Waals surface area contributed by atoms with E-state index >= 15 is 0 Å². The highest BCUT2D eigenvalue weighted by atomic mass is 16.5. The maximum absolute atomic E-state index is 12.6. The van der Waals surface area contributed by atoms with Gasteiger partial charge in [0, 0.05) is 18.1 Å². The molecule has 1 aliphatic rings. The fraction of sp³-hybridized carbons (Fsp3) is 0.500. The number of hydrogen-bond donors (Lipinski definition) is 1. The average Bonchev–Trinajstić information content (AvgIpc) is 2.56. The summed E-state index contributed by atoms with van der Waals surface area (Å²) in [4.78, 5) is 12.6. The van der Waals surface area contributed by atoms with Gasteiger partial charge < -0.3 is 14.6 Å². The van der Waals surface area contributed by atoms with Gasteiger partial charge in [0.15, 0.2) is 0 Å². The molecule has 1 aromatic heterocycles. The Morgan fingerprint density at radius 3 is 3.05 bits per heavy atom. The molecule has 0 saturated carbocycles. The summed E-state index contributed by atoms with van der Waals surface area (Å²) in [6, 6.07) is 7.76. The van der Waals surface area contributed by atoms with Gasteiger partial charge in [0.1, 0.15) is 5.75 Å². The van der Waals surface area contributed by atoms with Crippen LogP contribution in [0.5, 0.6) is 5.75 Å². The molecule has 1 saturated heterocycles. The lowest BCUT2D eigenvalue weighted by Crippen LogP contribution is -2.34. The van der Waals surface area contributed by atoms with Gasteiger partial charge in [-0.3, -0.25) is 4.79 Å². The van der Waals surface area contributed by atoms with E-state index in [1.165, 1.54) is 12.8 Å². The monoisotopic (exact) mass is 300 g/mol. The standard InChI is InChI=1S/C18H24N2O2/c1-2-10-22-16-5-6-17-15(11-16)7-9-20(18(17)21)13-14-4-3-8-19-12-14/h5-7,9,11,14,19H,2-4,8,10,12-13H2,1H3. The Morgan fingerprint density at radius 1 is 1.36 bits per heavy atom. The van der Waals surface area contributed by atoms with Crippen LogP contribution >= 0.6 is 0 Å². The van der Waals surface area contributed by atoms with Crippen LogP contribution in [-0.4, -0.2) is 24.3 Å². The van der Waals surface area contributed by atoms with Crippen LogP contribution in [-0.2, 0) is 6.54 Å². The lowest BCUT2D eigenvalue weighted by atomic mass is 9.99. The van der Waals surface area contributed by atoms with Crippen LogP contribution in [0.3, 0.4) is 0 Å². The molecule has 3 rings (SSSR count). The highest BCUT2D eigenvalue weighted by Gasteiger charge is 2.14. The van der Waals surface area contributed by atoms with Gasteiger partial charge in [0.2, 0.25) is 0 Å². The summed E-state index contributed by atoms with van der Waals surface area (Å²) in [6.45, 7) is 5.70. The van der Waals surface area contributed by atoms with E-state index in [2.05, 4.69) is 12.2 Å². The topological polar surface area (TPSA) is 43.3 Å². The van der Waals surface area contributed by atoms with Crippen LogP contribution in [0.4, 0.5) is 0 Å². The van der Waals surface area contributed by atoms with Gasteiger partial charge in [-0.2, -0.15) is 0 Å². The number of nitrogens with zero attached hydrogens (tertiary/aromatic N) is 1. The summed E-state index contributed by atoms with van der Waals surface area (Å²) in [5.74, 6) is 1.39. The Morgan fingerprint density at radius 2 is 2.27 bits per heavy atom. The Bertz CT molecular complexity index is 687. The molecule has 4 nitrogen and oxygen atoms in total. The van der Waals surface area contributed by atoms with Crippen molar-refractivity contribution in [2.24, 2.45) is 5.92 Å². The fourth-order valence-electron chi connectivity index (χ4n) is 3.08. The molecule has 0 aliphatic carbocycles. The largest absolute Gasteiger partial charge is 0.494 e. The van der Waals surface area contributed by atoms with Crippen LogP contribution in [0, 0.1) is 5.92 Å². The minimum absolute atomic E-state index is 0.102. The summed E-state index contributed by atoms with van der Waals surface area (Å²) in [5.41, 5.74) is 0.102. The predicted octanol–water partition coefficient (Wildman–Crippen LogP) is 2.79. The Labute approximate surface area is 131 Å². The number of aromatic nitrogens is 1. The van der Waals surface area contributed by atoms with Crippen LogP contribution in [0.15, 0.2) is 35.3 Å². The van der Waals surface area contributed by atoms with Crippen molar-refractivity contribution >= 4 is 10.8 Å². The highest BCUT2D eigenvalue weighted by molar-refractivity contribution is 5.82. The van der Waals surface area contributed by atoms with E-state index in [0.29, 0.717) is 12.5 Å². The summed E-state index contributed by atoms with van der Waals surface area (Å²) >= 11 is 0. The number of nitrogens with one attached hydrogen (secondary N) is 1. The van der Waals surface area contributed by atoms with Crippen molar-refractivity contribution in [3.05, 3.63) is 40.8 Å². The molecule has 2 aromatic rings. The number of rotatable bonds is 5. The lowest BCUT2D eigenvalue weighted by molar-refractivity contribution is 0.318.